The zero-order valence-electron chi connectivity index (χ0n) is 27.8. The lowest BCUT2D eigenvalue weighted by Gasteiger charge is -2.40. The Labute approximate surface area is 279 Å². The van der Waals surface area contributed by atoms with Crippen LogP contribution in [0.15, 0.2) is 97.1 Å². The molecule has 1 aliphatic rings. The van der Waals surface area contributed by atoms with Gasteiger partial charge in [-0.05, 0) is 128 Å². The maximum absolute atomic E-state index is 12.9. The highest BCUT2D eigenvalue weighted by Gasteiger charge is 2.37. The van der Waals surface area contributed by atoms with Crippen molar-refractivity contribution >= 4 is 11.9 Å². The molecular weight excluding hydrogens is 588 g/mol. The third-order valence-electron chi connectivity index (χ3n) is 9.08. The van der Waals surface area contributed by atoms with Gasteiger partial charge in [0.15, 0.2) is 0 Å². The van der Waals surface area contributed by atoms with Crippen LogP contribution < -0.4 is 18.9 Å². The van der Waals surface area contributed by atoms with Gasteiger partial charge in [-0.25, -0.2) is 9.59 Å². The first kappa shape index (κ1) is 33.8. The van der Waals surface area contributed by atoms with Gasteiger partial charge in [0, 0.05) is 5.41 Å². The van der Waals surface area contributed by atoms with Crippen molar-refractivity contribution in [3.8, 4) is 23.0 Å². The van der Waals surface area contributed by atoms with Gasteiger partial charge in [0.2, 0.25) is 0 Å². The molecule has 6 heteroatoms. The number of benzene rings is 4. The van der Waals surface area contributed by atoms with E-state index in [0.717, 1.165) is 62.9 Å². The molecule has 1 saturated carbocycles. The molecule has 0 spiro atoms. The second-order valence-electron chi connectivity index (χ2n) is 12.5. The van der Waals surface area contributed by atoms with Gasteiger partial charge in [0.1, 0.15) is 23.0 Å². The molecule has 0 amide bonds. The zero-order valence-corrected chi connectivity index (χ0v) is 27.8. The van der Waals surface area contributed by atoms with E-state index in [0.29, 0.717) is 41.8 Å². The van der Waals surface area contributed by atoms with Crippen molar-refractivity contribution in [1.82, 2.24) is 0 Å². The minimum absolute atomic E-state index is 0.182. The molecule has 1 aliphatic carbocycles. The maximum atomic E-state index is 12.9. The molecule has 0 bridgehead atoms. The molecular formula is C41H46O6. The number of hydrogen-bond acceptors (Lipinski definition) is 6. The fourth-order valence-electron chi connectivity index (χ4n) is 6.06. The van der Waals surface area contributed by atoms with Crippen molar-refractivity contribution in [3.63, 3.8) is 0 Å². The van der Waals surface area contributed by atoms with Crippen molar-refractivity contribution < 1.29 is 28.5 Å². The molecule has 4 aromatic rings. The summed E-state index contributed by atoms with van der Waals surface area (Å²) in [6.07, 6.45) is 8.36. The molecule has 0 saturated heterocycles. The van der Waals surface area contributed by atoms with Crippen LogP contribution in [-0.4, -0.2) is 25.2 Å². The van der Waals surface area contributed by atoms with Crippen LogP contribution in [0, 0.1) is 5.92 Å². The molecule has 1 fully saturated rings. The molecule has 0 aromatic heterocycles. The zero-order chi connectivity index (χ0) is 33.1. The molecule has 0 radical (unpaired) electrons. The summed E-state index contributed by atoms with van der Waals surface area (Å²) in [4.78, 5) is 25.7. The van der Waals surface area contributed by atoms with E-state index >= 15 is 0 Å². The predicted molar refractivity (Wildman–Crippen MR) is 185 cm³/mol. The molecule has 0 N–H and O–H groups in total. The summed E-state index contributed by atoms with van der Waals surface area (Å²) in [7, 11) is 0. The Bertz CT molecular complexity index is 1450. The number of unbranched alkanes of at least 4 members (excludes halogenated alkanes) is 2. The fourth-order valence-corrected chi connectivity index (χ4v) is 6.06. The van der Waals surface area contributed by atoms with Crippen LogP contribution in [0.4, 0.5) is 0 Å². The first-order chi connectivity index (χ1) is 22.9. The largest absolute Gasteiger partial charge is 0.494 e. The van der Waals surface area contributed by atoms with E-state index in [-0.39, 0.29) is 5.41 Å². The number of carbonyl (C=O) groups excluding carboxylic acids is 2. The first-order valence-electron chi connectivity index (χ1n) is 17.0. The Morgan fingerprint density at radius 3 is 1.30 bits per heavy atom. The number of ether oxygens (including phenoxy) is 4. The molecule has 0 atom stereocenters. The summed E-state index contributed by atoms with van der Waals surface area (Å²) in [5.74, 6) is 2.36. The predicted octanol–water partition coefficient (Wildman–Crippen LogP) is 9.98. The topological polar surface area (TPSA) is 71.1 Å². The van der Waals surface area contributed by atoms with Crippen LogP contribution in [0.3, 0.4) is 0 Å². The molecule has 0 unspecified atom stereocenters. The summed E-state index contributed by atoms with van der Waals surface area (Å²) in [5.41, 5.74) is 3.14. The second kappa shape index (κ2) is 16.3. The highest BCUT2D eigenvalue weighted by Crippen LogP contribution is 2.47. The van der Waals surface area contributed by atoms with Gasteiger partial charge in [-0.3, -0.25) is 0 Å². The first-order valence-corrected chi connectivity index (χ1v) is 17.0. The molecule has 5 rings (SSSR count). The summed E-state index contributed by atoms with van der Waals surface area (Å²) in [6, 6.07) is 30.0. The van der Waals surface area contributed by atoms with Gasteiger partial charge < -0.3 is 18.9 Å². The van der Waals surface area contributed by atoms with E-state index < -0.39 is 11.9 Å². The Morgan fingerprint density at radius 2 is 0.936 bits per heavy atom. The Balaban J connectivity index is 1.25. The van der Waals surface area contributed by atoms with Gasteiger partial charge in [0.05, 0.1) is 24.3 Å². The maximum Gasteiger partial charge on any atom is 0.343 e. The number of esters is 2. The van der Waals surface area contributed by atoms with Crippen molar-refractivity contribution in [1.29, 1.82) is 0 Å². The Kier molecular flexibility index (Phi) is 11.7. The van der Waals surface area contributed by atoms with E-state index in [2.05, 4.69) is 45.0 Å². The lowest BCUT2D eigenvalue weighted by molar-refractivity contribution is 0.0725. The lowest BCUT2D eigenvalue weighted by Crippen LogP contribution is -2.32. The third-order valence-corrected chi connectivity index (χ3v) is 9.08. The molecule has 0 heterocycles. The molecule has 0 aliphatic heterocycles. The Hall–Kier alpha value is -4.58. The van der Waals surface area contributed by atoms with Gasteiger partial charge in [-0.1, -0.05) is 57.9 Å². The lowest BCUT2D eigenvalue weighted by atomic mass is 9.63. The van der Waals surface area contributed by atoms with E-state index in [9.17, 15) is 9.59 Å². The van der Waals surface area contributed by atoms with Gasteiger partial charge in [-0.2, -0.15) is 0 Å². The van der Waals surface area contributed by atoms with Crippen LogP contribution in [0.2, 0.25) is 0 Å². The SMILES string of the molecule is CCCCOc1ccc(C(=O)Oc2ccc(C3(c4ccc(OC(=O)c5ccc(OCCCC)cc5)cc4)CCC(C)CC3)cc2)cc1. The summed E-state index contributed by atoms with van der Waals surface area (Å²) in [6.45, 7) is 7.87. The average Bonchev–Trinajstić information content (AvgIpc) is 3.10. The quantitative estimate of drug-likeness (QED) is 0.0781. The average molecular weight is 635 g/mol. The smallest absolute Gasteiger partial charge is 0.343 e. The van der Waals surface area contributed by atoms with Crippen LogP contribution in [0.25, 0.3) is 0 Å². The van der Waals surface area contributed by atoms with Crippen LogP contribution in [0.5, 0.6) is 23.0 Å². The van der Waals surface area contributed by atoms with Crippen molar-refractivity contribution in [2.45, 2.75) is 77.6 Å². The standard InChI is InChI=1S/C41H46O6/c1-4-6-28-44-35-16-8-31(9-17-35)39(42)46-37-20-12-33(13-21-37)41(26-24-30(3)25-27-41)34-14-22-38(23-15-34)47-40(43)32-10-18-36(19-11-32)45-29-7-5-2/h8-23,30H,4-7,24-29H2,1-3H3. The van der Waals surface area contributed by atoms with Crippen molar-refractivity contribution in [3.05, 3.63) is 119 Å². The molecule has 4 aromatic carbocycles. The van der Waals surface area contributed by atoms with Gasteiger partial charge in [0.25, 0.3) is 0 Å². The minimum Gasteiger partial charge on any atom is -0.494 e. The van der Waals surface area contributed by atoms with E-state index in [1.807, 2.05) is 24.3 Å². The second-order valence-corrected chi connectivity index (χ2v) is 12.5. The fraction of sp³-hybridized carbons (Fsp3) is 0.366. The molecule has 246 valence electrons. The van der Waals surface area contributed by atoms with Crippen LogP contribution in [-0.2, 0) is 5.41 Å². The Morgan fingerprint density at radius 1 is 0.574 bits per heavy atom. The molecule has 47 heavy (non-hydrogen) atoms. The summed E-state index contributed by atoms with van der Waals surface area (Å²) in [5, 5.41) is 0. The number of rotatable bonds is 14. The summed E-state index contributed by atoms with van der Waals surface area (Å²) >= 11 is 0. The van der Waals surface area contributed by atoms with E-state index in [1.165, 1.54) is 11.1 Å². The van der Waals surface area contributed by atoms with Crippen LogP contribution >= 0.6 is 0 Å². The molecule has 6 nitrogen and oxygen atoms in total. The summed E-state index contributed by atoms with van der Waals surface area (Å²) < 4.78 is 22.8. The van der Waals surface area contributed by atoms with Gasteiger partial charge >= 0.3 is 11.9 Å². The van der Waals surface area contributed by atoms with E-state index in [1.54, 1.807) is 48.5 Å². The normalized spacial score (nSPS) is 14.3. The monoisotopic (exact) mass is 634 g/mol. The van der Waals surface area contributed by atoms with Crippen molar-refractivity contribution in [2.24, 2.45) is 5.92 Å². The highest BCUT2D eigenvalue weighted by atomic mass is 16.5. The van der Waals surface area contributed by atoms with E-state index in [4.69, 9.17) is 18.9 Å². The number of hydrogen-bond donors (Lipinski definition) is 0. The highest BCUT2D eigenvalue weighted by molar-refractivity contribution is 5.91. The number of carbonyl (C=O) groups is 2. The van der Waals surface area contributed by atoms with Gasteiger partial charge in [-0.15, -0.1) is 0 Å². The third kappa shape index (κ3) is 8.82. The van der Waals surface area contributed by atoms with Crippen molar-refractivity contribution in [2.75, 3.05) is 13.2 Å². The van der Waals surface area contributed by atoms with Crippen LogP contribution in [0.1, 0.15) is 104 Å². The minimum atomic E-state index is -0.402.